The lowest BCUT2D eigenvalue weighted by Crippen LogP contribution is -2.47. The van der Waals surface area contributed by atoms with Gasteiger partial charge in [-0.3, -0.25) is 14.9 Å². The molecule has 7 heteroatoms. The highest BCUT2D eigenvalue weighted by Gasteiger charge is 2.29. The van der Waals surface area contributed by atoms with Crippen LogP contribution in [0.4, 0.5) is 0 Å². The normalized spacial score (nSPS) is 17.7. The molecule has 3 rings (SSSR count). The van der Waals surface area contributed by atoms with Gasteiger partial charge >= 0.3 is 5.97 Å². The Labute approximate surface area is 208 Å². The molecule has 1 aliphatic carbocycles. The third-order valence-corrected chi connectivity index (χ3v) is 6.93. The molecule has 0 radical (unpaired) electrons. The first-order chi connectivity index (χ1) is 16.7. The molecule has 1 saturated carbocycles. The van der Waals surface area contributed by atoms with Crippen molar-refractivity contribution in [1.29, 1.82) is 0 Å². The van der Waals surface area contributed by atoms with Crippen molar-refractivity contribution >= 4 is 28.4 Å². The van der Waals surface area contributed by atoms with Crippen molar-refractivity contribution in [3.8, 4) is 0 Å². The molecule has 3 atom stereocenters. The summed E-state index contributed by atoms with van der Waals surface area (Å²) in [5.41, 5.74) is 4.36. The van der Waals surface area contributed by atoms with Crippen molar-refractivity contribution in [2.75, 3.05) is 0 Å². The number of Topliss-reactive ketones (excluding diaryl/α,β-unsaturated/α-hetero) is 1. The lowest BCUT2D eigenvalue weighted by Gasteiger charge is -2.28. The molecule has 0 bridgehead atoms. The SMILES string of the molecule is C/C=C(\C=C(\C)C(=O)C(C)CC)c1nc2cc(CN[C@H](C(=O)OC3CCC3)[C@@H](C)O)ccc2n1C. The second kappa shape index (κ2) is 11.8. The van der Waals surface area contributed by atoms with Crippen LogP contribution >= 0.6 is 0 Å². The highest BCUT2D eigenvalue weighted by molar-refractivity contribution is 5.99. The van der Waals surface area contributed by atoms with Crippen molar-refractivity contribution in [3.05, 3.63) is 47.3 Å². The molecule has 1 aliphatic rings. The lowest BCUT2D eigenvalue weighted by atomic mass is 9.96. The van der Waals surface area contributed by atoms with Gasteiger partial charge in [0.2, 0.25) is 0 Å². The molecule has 190 valence electrons. The van der Waals surface area contributed by atoms with E-state index in [2.05, 4.69) is 5.32 Å². The Morgan fingerprint density at radius 1 is 1.31 bits per heavy atom. The molecule has 35 heavy (non-hydrogen) atoms. The topological polar surface area (TPSA) is 93.5 Å². The minimum Gasteiger partial charge on any atom is -0.461 e. The van der Waals surface area contributed by atoms with Crippen LogP contribution in [-0.4, -0.2) is 44.7 Å². The lowest BCUT2D eigenvalue weighted by molar-refractivity contribution is -0.158. The van der Waals surface area contributed by atoms with Gasteiger partial charge < -0.3 is 14.4 Å². The second-order valence-electron chi connectivity index (χ2n) is 9.65. The van der Waals surface area contributed by atoms with E-state index >= 15 is 0 Å². The summed E-state index contributed by atoms with van der Waals surface area (Å²) >= 11 is 0. The summed E-state index contributed by atoms with van der Waals surface area (Å²) < 4.78 is 7.51. The number of hydrogen-bond donors (Lipinski definition) is 2. The van der Waals surface area contributed by atoms with E-state index in [1.54, 1.807) is 6.92 Å². The van der Waals surface area contributed by atoms with Crippen LogP contribution < -0.4 is 5.32 Å². The van der Waals surface area contributed by atoms with Crippen molar-refractivity contribution < 1.29 is 19.4 Å². The van der Waals surface area contributed by atoms with Gasteiger partial charge in [0.25, 0.3) is 0 Å². The van der Waals surface area contributed by atoms with E-state index in [0.29, 0.717) is 6.54 Å². The van der Waals surface area contributed by atoms with Crippen LogP contribution in [0.2, 0.25) is 0 Å². The zero-order valence-electron chi connectivity index (χ0n) is 21.8. The quantitative estimate of drug-likeness (QED) is 0.279. The number of esters is 1. The van der Waals surface area contributed by atoms with Gasteiger partial charge in [0.05, 0.1) is 17.1 Å². The fraction of sp³-hybridized carbons (Fsp3) is 0.536. The molecule has 1 fully saturated rings. The number of fused-ring (bicyclic) bond motifs is 1. The number of nitrogens with zero attached hydrogens (tertiary/aromatic N) is 2. The van der Waals surface area contributed by atoms with Gasteiger partial charge in [0.1, 0.15) is 18.0 Å². The first-order valence-corrected chi connectivity index (χ1v) is 12.6. The summed E-state index contributed by atoms with van der Waals surface area (Å²) in [4.78, 5) is 29.9. The van der Waals surface area contributed by atoms with E-state index in [-0.39, 0.29) is 17.8 Å². The highest BCUT2D eigenvalue weighted by Crippen LogP contribution is 2.25. The number of benzene rings is 1. The smallest absolute Gasteiger partial charge is 0.326 e. The molecule has 7 nitrogen and oxygen atoms in total. The number of allylic oxidation sites excluding steroid dienone is 4. The highest BCUT2D eigenvalue weighted by atomic mass is 16.5. The van der Waals surface area contributed by atoms with Gasteiger partial charge in [0.15, 0.2) is 5.78 Å². The summed E-state index contributed by atoms with van der Waals surface area (Å²) in [6.45, 7) is 9.77. The van der Waals surface area contributed by atoms with E-state index in [4.69, 9.17) is 9.72 Å². The zero-order chi connectivity index (χ0) is 25.7. The van der Waals surface area contributed by atoms with E-state index < -0.39 is 18.1 Å². The summed E-state index contributed by atoms with van der Waals surface area (Å²) in [5, 5.41) is 13.3. The molecule has 0 aliphatic heterocycles. The van der Waals surface area contributed by atoms with Crippen molar-refractivity contribution in [1.82, 2.24) is 14.9 Å². The Bertz CT molecular complexity index is 1120. The van der Waals surface area contributed by atoms with E-state index in [1.807, 2.05) is 69.7 Å². The fourth-order valence-electron chi connectivity index (χ4n) is 4.17. The monoisotopic (exact) mass is 481 g/mol. The average molecular weight is 482 g/mol. The predicted molar refractivity (Wildman–Crippen MR) is 139 cm³/mol. The van der Waals surface area contributed by atoms with Crippen LogP contribution in [0.1, 0.15) is 71.7 Å². The number of carbonyl (C=O) groups is 2. The Morgan fingerprint density at radius 2 is 2.03 bits per heavy atom. The van der Waals surface area contributed by atoms with Crippen LogP contribution in [0, 0.1) is 5.92 Å². The molecule has 1 unspecified atom stereocenters. The van der Waals surface area contributed by atoms with Crippen LogP contribution in [-0.2, 0) is 27.9 Å². The summed E-state index contributed by atoms with van der Waals surface area (Å²) in [6.07, 6.45) is 6.68. The van der Waals surface area contributed by atoms with Gasteiger partial charge in [-0.2, -0.15) is 0 Å². The van der Waals surface area contributed by atoms with Gasteiger partial charge in [0, 0.05) is 25.1 Å². The van der Waals surface area contributed by atoms with Gasteiger partial charge in [-0.05, 0) is 75.8 Å². The number of aliphatic hydroxyl groups excluding tert-OH is 1. The number of rotatable bonds is 11. The second-order valence-corrected chi connectivity index (χ2v) is 9.65. The minimum absolute atomic E-state index is 0.00340. The minimum atomic E-state index is -0.863. The summed E-state index contributed by atoms with van der Waals surface area (Å²) in [5.74, 6) is 0.534. The molecule has 2 N–H and O–H groups in total. The van der Waals surface area contributed by atoms with Crippen molar-refractivity contribution in [2.24, 2.45) is 13.0 Å². The third kappa shape index (κ3) is 6.27. The van der Waals surface area contributed by atoms with Gasteiger partial charge in [-0.1, -0.05) is 26.0 Å². The van der Waals surface area contributed by atoms with Gasteiger partial charge in [-0.15, -0.1) is 0 Å². The first kappa shape index (κ1) is 26.8. The molecular formula is C28H39N3O4. The number of aliphatic hydroxyl groups is 1. The largest absolute Gasteiger partial charge is 0.461 e. The number of ketones is 1. The van der Waals surface area contributed by atoms with Gasteiger partial charge in [-0.25, -0.2) is 4.98 Å². The zero-order valence-corrected chi connectivity index (χ0v) is 21.8. The molecule has 1 aromatic carbocycles. The van der Waals surface area contributed by atoms with E-state index in [9.17, 15) is 14.7 Å². The van der Waals surface area contributed by atoms with Crippen molar-refractivity contribution in [2.45, 2.75) is 85.1 Å². The number of aromatic nitrogens is 2. The van der Waals surface area contributed by atoms with Crippen LogP contribution in [0.15, 0.2) is 35.9 Å². The number of imidazole rings is 1. The standard InChI is InChI=1S/C28H39N3O4/c1-7-17(3)26(33)18(4)14-21(8-2)27-30-23-15-20(12-13-24(23)31(27)6)16-29-25(19(5)32)28(34)35-22-10-9-11-22/h8,12-15,17,19,22,25,29,32H,7,9-11,16H2,1-6H3/b18-14-,21-8+/t17?,19-,25+/m1/s1. The molecule has 1 heterocycles. The Morgan fingerprint density at radius 3 is 2.60 bits per heavy atom. The number of ether oxygens (including phenoxy) is 1. The van der Waals surface area contributed by atoms with E-state index in [0.717, 1.165) is 59.3 Å². The first-order valence-electron chi connectivity index (χ1n) is 12.6. The Balaban J connectivity index is 1.78. The van der Waals surface area contributed by atoms with E-state index in [1.165, 1.54) is 0 Å². The number of aryl methyl sites for hydroxylation is 1. The summed E-state index contributed by atoms with van der Waals surface area (Å²) in [6, 6.07) is 5.19. The Kier molecular flexibility index (Phi) is 9.03. The third-order valence-electron chi connectivity index (χ3n) is 6.93. The molecule has 0 spiro atoms. The Hall–Kier alpha value is -2.77. The maximum absolute atomic E-state index is 12.6. The predicted octanol–water partition coefficient (Wildman–Crippen LogP) is 4.47. The maximum Gasteiger partial charge on any atom is 0.326 e. The summed E-state index contributed by atoms with van der Waals surface area (Å²) in [7, 11) is 1.96. The average Bonchev–Trinajstić information content (AvgIpc) is 3.14. The molecule has 2 aromatic rings. The molecule has 1 aromatic heterocycles. The number of nitrogens with one attached hydrogen (secondary N) is 1. The van der Waals surface area contributed by atoms with Crippen LogP contribution in [0.5, 0.6) is 0 Å². The molecular weight excluding hydrogens is 442 g/mol. The number of hydrogen-bond acceptors (Lipinski definition) is 6. The molecule has 0 saturated heterocycles. The fourth-order valence-corrected chi connectivity index (χ4v) is 4.17. The molecule has 0 amide bonds. The number of carbonyl (C=O) groups excluding carboxylic acids is 2. The maximum atomic E-state index is 12.6. The van der Waals surface area contributed by atoms with Crippen molar-refractivity contribution in [3.63, 3.8) is 0 Å². The van der Waals surface area contributed by atoms with Crippen LogP contribution in [0.3, 0.4) is 0 Å². The van der Waals surface area contributed by atoms with Crippen LogP contribution in [0.25, 0.3) is 16.6 Å².